The highest BCUT2D eigenvalue weighted by Gasteiger charge is 2.31. The van der Waals surface area contributed by atoms with Crippen LogP contribution >= 0.6 is 0 Å². The first kappa shape index (κ1) is 20.7. The molecular formula is C18H28N2O5S2. The summed E-state index contributed by atoms with van der Waals surface area (Å²) in [6.45, 7) is 5.58. The normalized spacial score (nSPS) is 28.1. The average molecular weight is 417 g/mol. The second kappa shape index (κ2) is 8.16. The van der Waals surface area contributed by atoms with Crippen molar-refractivity contribution in [1.82, 2.24) is 9.03 Å². The van der Waals surface area contributed by atoms with Crippen molar-refractivity contribution in [2.75, 3.05) is 26.3 Å². The number of benzene rings is 1. The molecule has 152 valence electrons. The third-order valence-electron chi connectivity index (χ3n) is 5.76. The van der Waals surface area contributed by atoms with Crippen molar-refractivity contribution in [3.8, 4) is 0 Å². The Morgan fingerprint density at radius 2 is 1.56 bits per heavy atom. The van der Waals surface area contributed by atoms with Crippen LogP contribution in [0.5, 0.6) is 0 Å². The van der Waals surface area contributed by atoms with Crippen LogP contribution in [0.3, 0.4) is 0 Å². The predicted octanol–water partition coefficient (Wildman–Crippen LogP) is 1.81. The summed E-state index contributed by atoms with van der Waals surface area (Å²) in [6, 6.07) is 5.38. The van der Waals surface area contributed by atoms with Gasteiger partial charge in [0, 0.05) is 19.1 Å². The van der Waals surface area contributed by atoms with Gasteiger partial charge in [0.25, 0.3) is 0 Å². The molecule has 1 saturated carbocycles. The molecule has 1 heterocycles. The lowest BCUT2D eigenvalue weighted by molar-refractivity contribution is 0.0730. The molecule has 7 nitrogen and oxygen atoms in total. The van der Waals surface area contributed by atoms with E-state index in [1.165, 1.54) is 28.6 Å². The van der Waals surface area contributed by atoms with Gasteiger partial charge in [-0.25, -0.2) is 21.6 Å². The standard InChI is InChI=1S/C18H28N2O5S2/c1-14-4-3-5-18(15(14)2)19-26(21,22)16-6-8-17(9-7-16)27(23,24)20-10-12-25-13-11-20/h6-9,14-15,18-19H,3-5,10-13H2,1-2H3/t14-,15-,18+/m1/s1. The molecule has 1 saturated heterocycles. The van der Waals surface area contributed by atoms with Crippen molar-refractivity contribution in [3.63, 3.8) is 0 Å². The number of nitrogens with zero attached hydrogens (tertiary/aromatic N) is 1. The van der Waals surface area contributed by atoms with Crippen molar-refractivity contribution >= 4 is 20.0 Å². The molecule has 9 heteroatoms. The lowest BCUT2D eigenvalue weighted by atomic mass is 9.78. The van der Waals surface area contributed by atoms with E-state index in [1.54, 1.807) is 0 Å². The maximum absolute atomic E-state index is 12.7. The number of sulfonamides is 2. The quantitative estimate of drug-likeness (QED) is 0.790. The first-order valence-electron chi connectivity index (χ1n) is 9.42. The number of ether oxygens (including phenoxy) is 1. The molecule has 1 aromatic rings. The molecular weight excluding hydrogens is 388 g/mol. The van der Waals surface area contributed by atoms with E-state index in [1.807, 2.05) is 0 Å². The zero-order chi connectivity index (χ0) is 19.7. The summed E-state index contributed by atoms with van der Waals surface area (Å²) in [5.74, 6) is 0.752. The predicted molar refractivity (Wildman–Crippen MR) is 102 cm³/mol. The molecule has 1 aromatic carbocycles. The van der Waals surface area contributed by atoms with Crippen LogP contribution in [0, 0.1) is 11.8 Å². The lowest BCUT2D eigenvalue weighted by Crippen LogP contribution is -2.43. The van der Waals surface area contributed by atoms with E-state index in [9.17, 15) is 16.8 Å². The van der Waals surface area contributed by atoms with Crippen LogP contribution in [-0.4, -0.2) is 53.5 Å². The monoisotopic (exact) mass is 416 g/mol. The van der Waals surface area contributed by atoms with E-state index in [2.05, 4.69) is 18.6 Å². The highest BCUT2D eigenvalue weighted by atomic mass is 32.2. The lowest BCUT2D eigenvalue weighted by Gasteiger charge is -2.34. The number of nitrogens with one attached hydrogen (secondary N) is 1. The van der Waals surface area contributed by atoms with E-state index < -0.39 is 20.0 Å². The fraction of sp³-hybridized carbons (Fsp3) is 0.667. The SMILES string of the molecule is C[C@@H]1[C@H](C)CCC[C@@H]1NS(=O)(=O)c1ccc(S(=O)(=O)N2CCOCC2)cc1. The maximum atomic E-state index is 12.7. The fourth-order valence-corrected chi connectivity index (χ4v) is 6.51. The van der Waals surface area contributed by atoms with Gasteiger partial charge < -0.3 is 4.74 Å². The minimum atomic E-state index is -3.68. The van der Waals surface area contributed by atoms with Crippen molar-refractivity contribution in [2.24, 2.45) is 11.8 Å². The van der Waals surface area contributed by atoms with Crippen LogP contribution in [0.4, 0.5) is 0 Å². The second-order valence-electron chi connectivity index (χ2n) is 7.48. The summed E-state index contributed by atoms with van der Waals surface area (Å²) < 4.78 is 60.1. The van der Waals surface area contributed by atoms with Crippen LogP contribution in [-0.2, 0) is 24.8 Å². The molecule has 0 aromatic heterocycles. The number of morpholine rings is 1. The number of rotatable bonds is 5. The summed E-state index contributed by atoms with van der Waals surface area (Å²) in [4.78, 5) is 0.192. The zero-order valence-corrected chi connectivity index (χ0v) is 17.4. The largest absolute Gasteiger partial charge is 0.379 e. The third kappa shape index (κ3) is 4.54. The molecule has 0 unspecified atom stereocenters. The van der Waals surface area contributed by atoms with E-state index >= 15 is 0 Å². The smallest absolute Gasteiger partial charge is 0.243 e. The van der Waals surface area contributed by atoms with E-state index in [-0.39, 0.29) is 21.8 Å². The van der Waals surface area contributed by atoms with Crippen molar-refractivity contribution < 1.29 is 21.6 Å². The molecule has 3 atom stereocenters. The van der Waals surface area contributed by atoms with E-state index in [0.717, 1.165) is 19.3 Å². The van der Waals surface area contributed by atoms with Gasteiger partial charge >= 0.3 is 0 Å². The van der Waals surface area contributed by atoms with E-state index in [0.29, 0.717) is 32.2 Å². The Morgan fingerprint density at radius 1 is 0.963 bits per heavy atom. The maximum Gasteiger partial charge on any atom is 0.243 e. The van der Waals surface area contributed by atoms with Gasteiger partial charge in [0.15, 0.2) is 0 Å². The Labute approximate surface area is 162 Å². The first-order chi connectivity index (χ1) is 12.7. The Morgan fingerprint density at radius 3 is 2.19 bits per heavy atom. The van der Waals surface area contributed by atoms with Crippen LogP contribution in [0.2, 0.25) is 0 Å². The van der Waals surface area contributed by atoms with Gasteiger partial charge in [0.2, 0.25) is 20.0 Å². The van der Waals surface area contributed by atoms with Crippen molar-refractivity contribution in [2.45, 2.75) is 48.9 Å². The average Bonchev–Trinajstić information content (AvgIpc) is 2.66. The molecule has 3 rings (SSSR count). The minimum absolute atomic E-state index is 0.0875. The van der Waals surface area contributed by atoms with Gasteiger partial charge in [-0.3, -0.25) is 0 Å². The molecule has 2 aliphatic rings. The van der Waals surface area contributed by atoms with Crippen LogP contribution in [0.15, 0.2) is 34.1 Å². The summed E-state index contributed by atoms with van der Waals surface area (Å²) >= 11 is 0. The Balaban J connectivity index is 1.76. The third-order valence-corrected chi connectivity index (χ3v) is 9.17. The van der Waals surface area contributed by atoms with Crippen LogP contribution in [0.1, 0.15) is 33.1 Å². The summed E-state index contributed by atoms with van der Waals surface area (Å²) in [7, 11) is -7.31. The molecule has 0 radical (unpaired) electrons. The van der Waals surface area contributed by atoms with Gasteiger partial charge in [0.05, 0.1) is 23.0 Å². The molecule has 1 aliphatic carbocycles. The molecule has 1 N–H and O–H groups in total. The summed E-state index contributed by atoms with van der Waals surface area (Å²) in [6.07, 6.45) is 2.96. The summed E-state index contributed by atoms with van der Waals surface area (Å²) in [5, 5.41) is 0. The Hall–Kier alpha value is -1.00. The minimum Gasteiger partial charge on any atom is -0.379 e. The van der Waals surface area contributed by atoms with Gasteiger partial charge in [-0.15, -0.1) is 0 Å². The molecule has 0 spiro atoms. The van der Waals surface area contributed by atoms with Crippen molar-refractivity contribution in [1.29, 1.82) is 0 Å². The van der Waals surface area contributed by atoms with Gasteiger partial charge in [-0.1, -0.05) is 26.7 Å². The van der Waals surface area contributed by atoms with Crippen LogP contribution < -0.4 is 4.72 Å². The van der Waals surface area contributed by atoms with Gasteiger partial charge in [-0.2, -0.15) is 4.31 Å². The topological polar surface area (TPSA) is 92.8 Å². The van der Waals surface area contributed by atoms with Gasteiger partial charge in [0.1, 0.15) is 0 Å². The highest BCUT2D eigenvalue weighted by molar-refractivity contribution is 7.89. The highest BCUT2D eigenvalue weighted by Crippen LogP contribution is 2.30. The van der Waals surface area contributed by atoms with Gasteiger partial charge in [-0.05, 0) is 42.5 Å². The number of hydrogen-bond donors (Lipinski definition) is 1. The Kier molecular flexibility index (Phi) is 6.27. The molecule has 0 bridgehead atoms. The number of hydrogen-bond acceptors (Lipinski definition) is 5. The summed E-state index contributed by atoms with van der Waals surface area (Å²) in [5.41, 5.74) is 0. The van der Waals surface area contributed by atoms with Crippen LogP contribution in [0.25, 0.3) is 0 Å². The molecule has 1 aliphatic heterocycles. The zero-order valence-electron chi connectivity index (χ0n) is 15.8. The molecule has 27 heavy (non-hydrogen) atoms. The second-order valence-corrected chi connectivity index (χ2v) is 11.1. The van der Waals surface area contributed by atoms with Crippen molar-refractivity contribution in [3.05, 3.63) is 24.3 Å². The Bertz CT molecular complexity index is 846. The fourth-order valence-electron chi connectivity index (χ4n) is 3.74. The molecule has 2 fully saturated rings. The first-order valence-corrected chi connectivity index (χ1v) is 12.3. The molecule has 0 amide bonds. The van der Waals surface area contributed by atoms with E-state index in [4.69, 9.17) is 4.74 Å².